The Hall–Kier alpha value is -0.370. The summed E-state index contributed by atoms with van der Waals surface area (Å²) in [4.78, 5) is 11.3. The van der Waals surface area contributed by atoms with Crippen LogP contribution in [0.1, 0.15) is 53.4 Å². The summed E-state index contributed by atoms with van der Waals surface area (Å²) in [5.74, 6) is 0.941. The van der Waals surface area contributed by atoms with Crippen molar-refractivity contribution in [1.29, 1.82) is 0 Å². The van der Waals surface area contributed by atoms with E-state index in [2.05, 4.69) is 27.7 Å². The molecule has 0 aliphatic heterocycles. The molecule has 0 saturated heterocycles. The second-order valence-electron chi connectivity index (χ2n) is 5.22. The van der Waals surface area contributed by atoms with Crippen LogP contribution in [0.4, 0.5) is 0 Å². The Morgan fingerprint density at radius 2 is 2.07 bits per heavy atom. The van der Waals surface area contributed by atoms with E-state index >= 15 is 0 Å². The molecule has 0 amide bonds. The molecular weight excluding hydrogens is 176 g/mol. The van der Waals surface area contributed by atoms with Crippen molar-refractivity contribution in [3.63, 3.8) is 0 Å². The number of rotatable bonds is 2. The fourth-order valence-corrected chi connectivity index (χ4v) is 2.08. The molecule has 0 spiro atoms. The molecule has 1 aliphatic rings. The Morgan fingerprint density at radius 3 is 2.57 bits per heavy atom. The molecule has 0 heterocycles. The molecule has 1 fully saturated rings. The van der Waals surface area contributed by atoms with E-state index in [1.165, 1.54) is 0 Å². The van der Waals surface area contributed by atoms with Crippen molar-refractivity contribution in [3.8, 4) is 0 Å². The maximum absolute atomic E-state index is 11.3. The van der Waals surface area contributed by atoms with Crippen molar-refractivity contribution in [2.24, 2.45) is 5.92 Å². The van der Waals surface area contributed by atoms with E-state index in [-0.39, 0.29) is 11.7 Å². The van der Waals surface area contributed by atoms with Crippen LogP contribution in [0.3, 0.4) is 0 Å². The number of carbonyl (C=O) groups excluding carboxylic acids is 1. The van der Waals surface area contributed by atoms with Crippen LogP contribution in [-0.2, 0) is 9.53 Å². The summed E-state index contributed by atoms with van der Waals surface area (Å²) in [6, 6.07) is 0. The number of hydrogen-bond acceptors (Lipinski definition) is 2. The molecule has 0 aromatic carbocycles. The molecule has 2 atom stereocenters. The summed E-state index contributed by atoms with van der Waals surface area (Å²) >= 11 is 0. The minimum absolute atomic E-state index is 0.129. The van der Waals surface area contributed by atoms with Crippen LogP contribution < -0.4 is 0 Å². The van der Waals surface area contributed by atoms with E-state index in [9.17, 15) is 4.79 Å². The molecule has 2 unspecified atom stereocenters. The van der Waals surface area contributed by atoms with E-state index in [0.29, 0.717) is 18.1 Å². The van der Waals surface area contributed by atoms with Gasteiger partial charge in [0.25, 0.3) is 0 Å². The highest BCUT2D eigenvalue weighted by Gasteiger charge is 2.31. The Labute approximate surface area is 87.0 Å². The minimum Gasteiger partial charge on any atom is -0.372 e. The summed E-state index contributed by atoms with van der Waals surface area (Å²) in [7, 11) is 0. The molecule has 0 aromatic rings. The molecule has 14 heavy (non-hydrogen) atoms. The number of carbonyl (C=O) groups is 1. The number of Topliss-reactive ketones (excluding diaryl/α,β-unsaturated/α-hetero) is 1. The fourth-order valence-electron chi connectivity index (χ4n) is 2.08. The average Bonchev–Trinajstić information content (AvgIpc) is 2.01. The highest BCUT2D eigenvalue weighted by atomic mass is 16.5. The van der Waals surface area contributed by atoms with Gasteiger partial charge in [-0.2, -0.15) is 0 Å². The monoisotopic (exact) mass is 198 g/mol. The smallest absolute Gasteiger partial charge is 0.135 e. The molecule has 2 nitrogen and oxygen atoms in total. The van der Waals surface area contributed by atoms with Crippen LogP contribution in [0.2, 0.25) is 0 Å². The lowest BCUT2D eigenvalue weighted by atomic mass is 9.83. The number of ether oxygens (including phenoxy) is 1. The van der Waals surface area contributed by atoms with Gasteiger partial charge in [0.05, 0.1) is 11.7 Å². The van der Waals surface area contributed by atoms with Crippen LogP contribution in [0.25, 0.3) is 0 Å². The van der Waals surface area contributed by atoms with Gasteiger partial charge >= 0.3 is 0 Å². The van der Waals surface area contributed by atoms with Gasteiger partial charge < -0.3 is 4.74 Å². The first-order valence-corrected chi connectivity index (χ1v) is 5.62. The second-order valence-corrected chi connectivity index (χ2v) is 5.22. The van der Waals surface area contributed by atoms with Gasteiger partial charge in [0.1, 0.15) is 5.78 Å². The van der Waals surface area contributed by atoms with Gasteiger partial charge in [0, 0.05) is 12.8 Å². The summed E-state index contributed by atoms with van der Waals surface area (Å²) in [6.07, 6.45) is 3.66. The second kappa shape index (κ2) is 4.43. The molecule has 2 heteroatoms. The Balaban J connectivity index is 2.57. The predicted octanol–water partition coefficient (Wildman–Crippen LogP) is 2.95. The van der Waals surface area contributed by atoms with Gasteiger partial charge in [-0.1, -0.05) is 13.3 Å². The fraction of sp³-hybridized carbons (Fsp3) is 0.917. The topological polar surface area (TPSA) is 26.3 Å². The first-order chi connectivity index (χ1) is 6.42. The molecule has 0 bridgehead atoms. The van der Waals surface area contributed by atoms with Gasteiger partial charge in [-0.3, -0.25) is 4.79 Å². The van der Waals surface area contributed by atoms with Gasteiger partial charge in [-0.05, 0) is 33.1 Å². The average molecular weight is 198 g/mol. The third kappa shape index (κ3) is 3.41. The number of ketones is 1. The standard InChI is InChI=1S/C12H22O2/c1-5-9-6-7-10(13)8-11(9)14-12(2,3)4/h9,11H,5-8H2,1-4H3. The first kappa shape index (κ1) is 11.7. The summed E-state index contributed by atoms with van der Waals surface area (Å²) in [6.45, 7) is 8.34. The third-order valence-corrected chi connectivity index (χ3v) is 2.78. The van der Waals surface area contributed by atoms with E-state index in [1.54, 1.807) is 0 Å². The van der Waals surface area contributed by atoms with Crippen molar-refractivity contribution in [2.45, 2.75) is 65.1 Å². The maximum Gasteiger partial charge on any atom is 0.135 e. The Kier molecular flexibility index (Phi) is 3.71. The van der Waals surface area contributed by atoms with Gasteiger partial charge in [0.15, 0.2) is 0 Å². The highest BCUT2D eigenvalue weighted by Crippen LogP contribution is 2.30. The van der Waals surface area contributed by atoms with Crippen molar-refractivity contribution in [1.82, 2.24) is 0 Å². The van der Waals surface area contributed by atoms with E-state index < -0.39 is 0 Å². The zero-order valence-corrected chi connectivity index (χ0v) is 9.80. The summed E-state index contributed by atoms with van der Waals surface area (Å²) in [5.41, 5.74) is -0.129. The van der Waals surface area contributed by atoms with Crippen molar-refractivity contribution >= 4 is 5.78 Å². The van der Waals surface area contributed by atoms with Gasteiger partial charge in [-0.25, -0.2) is 0 Å². The zero-order valence-electron chi connectivity index (χ0n) is 9.80. The van der Waals surface area contributed by atoms with Crippen LogP contribution >= 0.6 is 0 Å². The van der Waals surface area contributed by atoms with Crippen molar-refractivity contribution in [2.75, 3.05) is 0 Å². The predicted molar refractivity (Wildman–Crippen MR) is 57.3 cm³/mol. The molecule has 0 aromatic heterocycles. The summed E-state index contributed by atoms with van der Waals surface area (Å²) < 4.78 is 5.93. The normalized spacial score (nSPS) is 29.3. The van der Waals surface area contributed by atoms with Crippen LogP contribution in [0, 0.1) is 5.92 Å². The third-order valence-electron chi connectivity index (χ3n) is 2.78. The van der Waals surface area contributed by atoms with E-state index in [4.69, 9.17) is 4.74 Å². The Morgan fingerprint density at radius 1 is 1.43 bits per heavy atom. The summed E-state index contributed by atoms with van der Waals surface area (Å²) in [5, 5.41) is 0. The maximum atomic E-state index is 11.3. The van der Waals surface area contributed by atoms with Gasteiger partial charge in [-0.15, -0.1) is 0 Å². The van der Waals surface area contributed by atoms with Crippen molar-refractivity contribution < 1.29 is 9.53 Å². The molecular formula is C12H22O2. The van der Waals surface area contributed by atoms with Gasteiger partial charge in [0.2, 0.25) is 0 Å². The zero-order chi connectivity index (χ0) is 10.8. The molecule has 0 N–H and O–H groups in total. The molecule has 82 valence electrons. The molecule has 1 saturated carbocycles. The Bertz CT molecular complexity index is 203. The lowest BCUT2D eigenvalue weighted by Gasteiger charge is -2.35. The quantitative estimate of drug-likeness (QED) is 0.682. The van der Waals surface area contributed by atoms with Crippen LogP contribution in [-0.4, -0.2) is 17.5 Å². The largest absolute Gasteiger partial charge is 0.372 e. The lowest BCUT2D eigenvalue weighted by molar-refractivity contribution is -0.136. The SMILES string of the molecule is CCC1CCC(=O)CC1OC(C)(C)C. The highest BCUT2D eigenvalue weighted by molar-refractivity contribution is 5.79. The lowest BCUT2D eigenvalue weighted by Crippen LogP contribution is -2.37. The van der Waals surface area contributed by atoms with Crippen molar-refractivity contribution in [3.05, 3.63) is 0 Å². The molecule has 1 rings (SSSR count). The van der Waals surface area contributed by atoms with Crippen LogP contribution in [0.5, 0.6) is 0 Å². The molecule has 1 aliphatic carbocycles. The number of hydrogen-bond donors (Lipinski definition) is 0. The van der Waals surface area contributed by atoms with E-state index in [1.807, 2.05) is 0 Å². The van der Waals surface area contributed by atoms with Crippen LogP contribution in [0.15, 0.2) is 0 Å². The molecule has 0 radical (unpaired) electrons. The minimum atomic E-state index is -0.129. The first-order valence-electron chi connectivity index (χ1n) is 5.62. The van der Waals surface area contributed by atoms with E-state index in [0.717, 1.165) is 19.3 Å².